The van der Waals surface area contributed by atoms with E-state index in [1.165, 1.54) is 12.1 Å². The molecule has 1 aromatic carbocycles. The fraction of sp³-hybridized carbons (Fsp3) is 0.412. The third-order valence-corrected chi connectivity index (χ3v) is 4.70. The summed E-state index contributed by atoms with van der Waals surface area (Å²) < 4.78 is 27.1. The van der Waals surface area contributed by atoms with Crippen LogP contribution in [0.25, 0.3) is 0 Å². The van der Waals surface area contributed by atoms with Crippen LogP contribution in [0.1, 0.15) is 53.5 Å². The zero-order chi connectivity index (χ0) is 17.3. The molecule has 1 aromatic heterocycles. The molecule has 128 valence electrons. The van der Waals surface area contributed by atoms with Crippen molar-refractivity contribution in [1.29, 1.82) is 0 Å². The van der Waals surface area contributed by atoms with Crippen molar-refractivity contribution in [2.45, 2.75) is 31.7 Å². The quantitative estimate of drug-likeness (QED) is 0.903. The molecular formula is C17H20F2N4O. The van der Waals surface area contributed by atoms with Gasteiger partial charge < -0.3 is 5.73 Å². The maximum atomic E-state index is 14.0. The van der Waals surface area contributed by atoms with Crippen molar-refractivity contribution in [3.05, 3.63) is 52.9 Å². The van der Waals surface area contributed by atoms with Crippen LogP contribution in [-0.4, -0.2) is 34.1 Å². The van der Waals surface area contributed by atoms with Crippen molar-refractivity contribution >= 4 is 5.91 Å². The molecule has 24 heavy (non-hydrogen) atoms. The number of piperidine rings is 1. The Balaban J connectivity index is 1.75. The maximum Gasteiger partial charge on any atom is 0.269 e. The molecule has 1 aliphatic heterocycles. The summed E-state index contributed by atoms with van der Waals surface area (Å²) in [5.41, 5.74) is 6.80. The van der Waals surface area contributed by atoms with Crippen LogP contribution in [0.4, 0.5) is 8.78 Å². The van der Waals surface area contributed by atoms with Crippen molar-refractivity contribution in [3.8, 4) is 0 Å². The Morgan fingerprint density at radius 1 is 1.42 bits per heavy atom. The highest BCUT2D eigenvalue weighted by Gasteiger charge is 2.28. The van der Waals surface area contributed by atoms with E-state index in [0.29, 0.717) is 12.1 Å². The fourth-order valence-electron chi connectivity index (χ4n) is 3.32. The van der Waals surface area contributed by atoms with E-state index < -0.39 is 17.5 Å². The number of rotatable bonds is 4. The van der Waals surface area contributed by atoms with E-state index in [1.54, 1.807) is 6.07 Å². The molecule has 0 spiro atoms. The molecular weight excluding hydrogens is 314 g/mol. The molecule has 0 radical (unpaired) electrons. The lowest BCUT2D eigenvalue weighted by Gasteiger charge is -2.36. The standard InChI is InChI=1S/C17H20F2N4O/c1-10(13-5-4-12(18)7-14(13)19)23-6-2-3-11(9-23)15-8-16(17(20)24)22-21-15/h4-5,7-8,10-11H,2-3,6,9H2,1H3,(H2,20,24)(H,21,22)/t10-,11+/m0/s1. The maximum absolute atomic E-state index is 14.0. The van der Waals surface area contributed by atoms with Gasteiger partial charge in [-0.3, -0.25) is 14.8 Å². The van der Waals surface area contributed by atoms with Crippen LogP contribution in [-0.2, 0) is 0 Å². The van der Waals surface area contributed by atoms with Gasteiger partial charge in [0.2, 0.25) is 0 Å². The highest BCUT2D eigenvalue weighted by atomic mass is 19.1. The van der Waals surface area contributed by atoms with Crippen LogP contribution in [0.15, 0.2) is 24.3 Å². The number of nitrogens with zero attached hydrogens (tertiary/aromatic N) is 2. The number of hydrogen-bond donors (Lipinski definition) is 2. The number of nitrogens with one attached hydrogen (secondary N) is 1. The number of likely N-dealkylation sites (tertiary alicyclic amines) is 1. The van der Waals surface area contributed by atoms with Crippen molar-refractivity contribution in [2.24, 2.45) is 5.73 Å². The Labute approximate surface area is 138 Å². The average Bonchev–Trinajstić information content (AvgIpc) is 3.05. The van der Waals surface area contributed by atoms with E-state index in [1.807, 2.05) is 6.92 Å². The molecule has 1 fully saturated rings. The first-order valence-corrected chi connectivity index (χ1v) is 8.00. The molecule has 0 saturated carbocycles. The van der Waals surface area contributed by atoms with Crippen molar-refractivity contribution in [3.63, 3.8) is 0 Å². The third-order valence-electron chi connectivity index (χ3n) is 4.70. The number of aromatic nitrogens is 2. The number of hydrogen-bond acceptors (Lipinski definition) is 3. The lowest BCUT2D eigenvalue weighted by Crippen LogP contribution is -2.36. The van der Waals surface area contributed by atoms with Crippen molar-refractivity contribution < 1.29 is 13.6 Å². The van der Waals surface area contributed by atoms with E-state index in [0.717, 1.165) is 31.1 Å². The molecule has 3 rings (SSSR count). The largest absolute Gasteiger partial charge is 0.364 e. The molecule has 0 unspecified atom stereocenters. The van der Waals surface area contributed by atoms with Crippen LogP contribution >= 0.6 is 0 Å². The van der Waals surface area contributed by atoms with E-state index in [2.05, 4.69) is 15.1 Å². The molecule has 0 bridgehead atoms. The van der Waals surface area contributed by atoms with Gasteiger partial charge in [0.25, 0.3) is 5.91 Å². The van der Waals surface area contributed by atoms with Crippen molar-refractivity contribution in [1.82, 2.24) is 15.1 Å². The van der Waals surface area contributed by atoms with Gasteiger partial charge in [0.1, 0.15) is 17.3 Å². The van der Waals surface area contributed by atoms with Gasteiger partial charge in [0.15, 0.2) is 0 Å². The molecule has 5 nitrogen and oxygen atoms in total. The van der Waals surface area contributed by atoms with Gasteiger partial charge in [-0.25, -0.2) is 8.78 Å². The molecule has 3 N–H and O–H groups in total. The first-order valence-electron chi connectivity index (χ1n) is 8.00. The predicted molar refractivity (Wildman–Crippen MR) is 85.4 cm³/mol. The lowest BCUT2D eigenvalue weighted by atomic mass is 9.92. The monoisotopic (exact) mass is 334 g/mol. The summed E-state index contributed by atoms with van der Waals surface area (Å²) in [5, 5.41) is 6.80. The first kappa shape index (κ1) is 16.6. The lowest BCUT2D eigenvalue weighted by molar-refractivity contribution is 0.0995. The zero-order valence-corrected chi connectivity index (χ0v) is 13.4. The topological polar surface area (TPSA) is 75.0 Å². The number of aromatic amines is 1. The molecule has 1 saturated heterocycles. The van der Waals surface area contributed by atoms with E-state index in [-0.39, 0.29) is 17.7 Å². The number of H-pyrrole nitrogens is 1. The smallest absolute Gasteiger partial charge is 0.269 e. The number of benzene rings is 1. The number of primary amides is 1. The van der Waals surface area contributed by atoms with Crippen molar-refractivity contribution in [2.75, 3.05) is 13.1 Å². The Morgan fingerprint density at radius 2 is 2.21 bits per heavy atom. The summed E-state index contributed by atoms with van der Waals surface area (Å²) in [7, 11) is 0. The Kier molecular flexibility index (Phi) is 4.62. The predicted octanol–water partition coefficient (Wildman–Crippen LogP) is 2.73. The number of carbonyl (C=O) groups is 1. The van der Waals surface area contributed by atoms with Crippen LogP contribution in [0.2, 0.25) is 0 Å². The van der Waals surface area contributed by atoms with Crippen LogP contribution in [0.3, 0.4) is 0 Å². The zero-order valence-electron chi connectivity index (χ0n) is 13.4. The number of amides is 1. The van der Waals surface area contributed by atoms with Gasteiger partial charge >= 0.3 is 0 Å². The summed E-state index contributed by atoms with van der Waals surface area (Å²) in [6.45, 7) is 3.46. The van der Waals surface area contributed by atoms with Gasteiger partial charge in [-0.15, -0.1) is 0 Å². The highest BCUT2D eigenvalue weighted by molar-refractivity contribution is 5.90. The third kappa shape index (κ3) is 3.31. The molecule has 2 heterocycles. The van der Waals surface area contributed by atoms with Gasteiger partial charge in [-0.2, -0.15) is 5.10 Å². The second-order valence-corrected chi connectivity index (χ2v) is 6.25. The summed E-state index contributed by atoms with van der Waals surface area (Å²) >= 11 is 0. The second-order valence-electron chi connectivity index (χ2n) is 6.25. The van der Waals surface area contributed by atoms with Gasteiger partial charge in [0, 0.05) is 35.8 Å². The second kappa shape index (κ2) is 6.68. The Bertz CT molecular complexity index is 746. The fourth-order valence-corrected chi connectivity index (χ4v) is 3.32. The highest BCUT2D eigenvalue weighted by Crippen LogP contribution is 2.32. The normalized spacial score (nSPS) is 20.0. The molecule has 0 aliphatic carbocycles. The molecule has 1 aliphatic rings. The van der Waals surface area contributed by atoms with Gasteiger partial charge in [-0.1, -0.05) is 6.07 Å². The first-order chi connectivity index (χ1) is 11.5. The van der Waals surface area contributed by atoms with Crippen LogP contribution < -0.4 is 5.73 Å². The minimum Gasteiger partial charge on any atom is -0.364 e. The van der Waals surface area contributed by atoms with Gasteiger partial charge in [0.05, 0.1) is 0 Å². The summed E-state index contributed by atoms with van der Waals surface area (Å²) in [4.78, 5) is 13.3. The molecule has 2 atom stereocenters. The summed E-state index contributed by atoms with van der Waals surface area (Å²) in [5.74, 6) is -1.49. The Hall–Kier alpha value is -2.28. The number of halogens is 2. The van der Waals surface area contributed by atoms with Crippen LogP contribution in [0, 0.1) is 11.6 Å². The molecule has 7 heteroatoms. The minimum absolute atomic E-state index is 0.160. The Morgan fingerprint density at radius 3 is 2.88 bits per heavy atom. The molecule has 2 aromatic rings. The van der Waals surface area contributed by atoms with Gasteiger partial charge in [-0.05, 0) is 38.4 Å². The SMILES string of the molecule is C[C@@H](c1ccc(F)cc1F)N1CCC[C@@H](c2cc(C(N)=O)n[nH]2)C1. The van der Waals surface area contributed by atoms with E-state index in [9.17, 15) is 13.6 Å². The molecule has 1 amide bonds. The summed E-state index contributed by atoms with van der Waals surface area (Å²) in [6.07, 6.45) is 1.90. The number of carbonyl (C=O) groups excluding carboxylic acids is 1. The summed E-state index contributed by atoms with van der Waals surface area (Å²) in [6, 6.07) is 5.22. The number of nitrogens with two attached hydrogens (primary N) is 1. The average molecular weight is 334 g/mol. The van der Waals surface area contributed by atoms with Crippen LogP contribution in [0.5, 0.6) is 0 Å². The van der Waals surface area contributed by atoms with E-state index in [4.69, 9.17) is 5.73 Å². The minimum atomic E-state index is -0.573. The van der Waals surface area contributed by atoms with E-state index >= 15 is 0 Å².